The Kier molecular flexibility index (Phi) is 5.55. The van der Waals surface area contributed by atoms with Crippen LogP contribution in [-0.2, 0) is 4.79 Å². The van der Waals surface area contributed by atoms with Crippen molar-refractivity contribution in [3.8, 4) is 0 Å². The zero-order valence-corrected chi connectivity index (χ0v) is 9.92. The summed E-state index contributed by atoms with van der Waals surface area (Å²) in [4.78, 5) is 11.4. The molecule has 0 saturated heterocycles. The van der Waals surface area contributed by atoms with E-state index >= 15 is 0 Å². The Balaban J connectivity index is 2.56. The van der Waals surface area contributed by atoms with Gasteiger partial charge in [0.25, 0.3) is 5.92 Å². The van der Waals surface area contributed by atoms with Gasteiger partial charge in [-0.2, -0.15) is 0 Å². The van der Waals surface area contributed by atoms with Crippen LogP contribution in [0.25, 0.3) is 0 Å². The second-order valence-corrected chi connectivity index (χ2v) is 4.40. The molecule has 1 aliphatic carbocycles. The number of carbonyl (C=O) groups excluding carboxylic acids is 1. The van der Waals surface area contributed by atoms with Crippen molar-refractivity contribution < 1.29 is 13.6 Å². The standard InChI is InChI=1S/C12H20F2N2O/c13-12(14)6-4-2-1-3-5-10(12)9-11(17)16-8-7-15/h4,6,10H,1-3,5,7-9,15H2,(H,16,17)/b6-4-. The fourth-order valence-electron chi connectivity index (χ4n) is 1.97. The lowest BCUT2D eigenvalue weighted by Crippen LogP contribution is -2.35. The monoisotopic (exact) mass is 246 g/mol. The SMILES string of the molecule is NCCNC(=O)CC1CCCC/C=C\C1(F)F. The van der Waals surface area contributed by atoms with E-state index in [2.05, 4.69) is 5.32 Å². The normalized spacial score (nSPS) is 25.7. The van der Waals surface area contributed by atoms with Gasteiger partial charge in [-0.1, -0.05) is 12.5 Å². The maximum atomic E-state index is 13.7. The molecule has 1 rings (SSSR count). The molecule has 17 heavy (non-hydrogen) atoms. The first-order chi connectivity index (χ1) is 8.06. The van der Waals surface area contributed by atoms with E-state index in [9.17, 15) is 13.6 Å². The van der Waals surface area contributed by atoms with Crippen LogP contribution in [0.15, 0.2) is 12.2 Å². The quantitative estimate of drug-likeness (QED) is 0.744. The molecule has 5 heteroatoms. The van der Waals surface area contributed by atoms with Crippen LogP contribution in [0, 0.1) is 5.92 Å². The summed E-state index contributed by atoms with van der Waals surface area (Å²) in [5, 5.41) is 2.53. The van der Waals surface area contributed by atoms with Crippen molar-refractivity contribution in [2.45, 2.75) is 38.0 Å². The third-order valence-electron chi connectivity index (χ3n) is 2.96. The lowest BCUT2D eigenvalue weighted by atomic mass is 9.88. The molecule has 0 bridgehead atoms. The molecule has 0 aliphatic heterocycles. The topological polar surface area (TPSA) is 55.1 Å². The number of allylic oxidation sites excluding steroid dienone is 2. The molecular formula is C12H20F2N2O. The van der Waals surface area contributed by atoms with Gasteiger partial charge in [0.2, 0.25) is 5.91 Å². The summed E-state index contributed by atoms with van der Waals surface area (Å²) in [7, 11) is 0. The predicted molar refractivity (Wildman–Crippen MR) is 62.7 cm³/mol. The molecule has 3 N–H and O–H groups in total. The van der Waals surface area contributed by atoms with E-state index < -0.39 is 11.8 Å². The second-order valence-electron chi connectivity index (χ2n) is 4.40. The number of hydrogen-bond acceptors (Lipinski definition) is 2. The van der Waals surface area contributed by atoms with Gasteiger partial charge in [0.05, 0.1) is 0 Å². The zero-order valence-electron chi connectivity index (χ0n) is 9.92. The van der Waals surface area contributed by atoms with E-state index in [4.69, 9.17) is 5.73 Å². The smallest absolute Gasteiger partial charge is 0.269 e. The van der Waals surface area contributed by atoms with E-state index in [1.54, 1.807) is 0 Å². The Morgan fingerprint density at radius 1 is 1.47 bits per heavy atom. The number of halogens is 2. The Morgan fingerprint density at radius 2 is 2.24 bits per heavy atom. The fraction of sp³-hybridized carbons (Fsp3) is 0.750. The van der Waals surface area contributed by atoms with E-state index in [-0.39, 0.29) is 12.3 Å². The van der Waals surface area contributed by atoms with E-state index in [1.165, 1.54) is 6.08 Å². The van der Waals surface area contributed by atoms with E-state index in [1.807, 2.05) is 0 Å². The lowest BCUT2D eigenvalue weighted by Gasteiger charge is -2.25. The highest BCUT2D eigenvalue weighted by Gasteiger charge is 2.37. The zero-order chi connectivity index (χ0) is 12.7. The molecule has 0 heterocycles. The van der Waals surface area contributed by atoms with Crippen LogP contribution in [-0.4, -0.2) is 24.9 Å². The van der Waals surface area contributed by atoms with Gasteiger partial charge < -0.3 is 11.1 Å². The van der Waals surface area contributed by atoms with Crippen molar-refractivity contribution >= 4 is 5.91 Å². The number of rotatable bonds is 4. The first kappa shape index (κ1) is 14.1. The van der Waals surface area contributed by atoms with Crippen molar-refractivity contribution in [1.29, 1.82) is 0 Å². The number of nitrogens with two attached hydrogens (primary N) is 1. The number of carbonyl (C=O) groups is 1. The molecule has 1 amide bonds. The van der Waals surface area contributed by atoms with Crippen molar-refractivity contribution in [2.24, 2.45) is 11.7 Å². The minimum absolute atomic E-state index is 0.128. The summed E-state index contributed by atoms with van der Waals surface area (Å²) in [5.74, 6) is -4.11. The fourth-order valence-corrected chi connectivity index (χ4v) is 1.97. The molecule has 0 aromatic rings. The molecule has 0 spiro atoms. The van der Waals surface area contributed by atoms with Gasteiger partial charge in [-0.05, 0) is 25.3 Å². The third kappa shape index (κ3) is 4.81. The van der Waals surface area contributed by atoms with Crippen LogP contribution in [0.2, 0.25) is 0 Å². The third-order valence-corrected chi connectivity index (χ3v) is 2.96. The largest absolute Gasteiger partial charge is 0.355 e. The Morgan fingerprint density at radius 3 is 2.94 bits per heavy atom. The van der Waals surface area contributed by atoms with Gasteiger partial charge in [-0.15, -0.1) is 0 Å². The number of hydrogen-bond donors (Lipinski definition) is 2. The van der Waals surface area contributed by atoms with Crippen LogP contribution >= 0.6 is 0 Å². The summed E-state index contributed by atoms with van der Waals surface area (Å²) in [6, 6.07) is 0. The van der Waals surface area contributed by atoms with E-state index in [0.717, 1.165) is 18.9 Å². The van der Waals surface area contributed by atoms with Gasteiger partial charge in [-0.3, -0.25) is 4.79 Å². The van der Waals surface area contributed by atoms with Crippen LogP contribution in [0.3, 0.4) is 0 Å². The Bertz CT molecular complexity index is 280. The van der Waals surface area contributed by atoms with Crippen LogP contribution in [0.5, 0.6) is 0 Å². The van der Waals surface area contributed by atoms with Gasteiger partial charge in [-0.25, -0.2) is 8.78 Å². The Labute approximate surface area is 100 Å². The predicted octanol–water partition coefficient (Wildman–Crippen LogP) is 1.83. The van der Waals surface area contributed by atoms with Gasteiger partial charge in [0.1, 0.15) is 0 Å². The van der Waals surface area contributed by atoms with E-state index in [0.29, 0.717) is 25.9 Å². The summed E-state index contributed by atoms with van der Waals surface area (Å²) in [6.45, 7) is 0.666. The van der Waals surface area contributed by atoms with Crippen molar-refractivity contribution in [3.63, 3.8) is 0 Å². The second kappa shape index (κ2) is 6.69. The molecule has 0 fully saturated rings. The minimum Gasteiger partial charge on any atom is -0.355 e. The van der Waals surface area contributed by atoms with Crippen molar-refractivity contribution in [2.75, 3.05) is 13.1 Å². The van der Waals surface area contributed by atoms with Crippen molar-refractivity contribution in [3.05, 3.63) is 12.2 Å². The highest BCUT2D eigenvalue weighted by atomic mass is 19.3. The molecule has 3 nitrogen and oxygen atoms in total. The molecule has 1 atom stereocenters. The maximum Gasteiger partial charge on any atom is 0.269 e. The van der Waals surface area contributed by atoms with Gasteiger partial charge >= 0.3 is 0 Å². The molecular weight excluding hydrogens is 226 g/mol. The summed E-state index contributed by atoms with van der Waals surface area (Å²) in [5.41, 5.74) is 5.23. The first-order valence-electron chi connectivity index (χ1n) is 6.08. The van der Waals surface area contributed by atoms with Crippen molar-refractivity contribution in [1.82, 2.24) is 5.32 Å². The first-order valence-corrected chi connectivity index (χ1v) is 6.08. The highest BCUT2D eigenvalue weighted by Crippen LogP contribution is 2.34. The van der Waals surface area contributed by atoms with Gasteiger partial charge in [0.15, 0.2) is 0 Å². The van der Waals surface area contributed by atoms with Crippen LogP contribution in [0.1, 0.15) is 32.1 Å². The maximum absolute atomic E-state index is 13.7. The molecule has 0 saturated carbocycles. The summed E-state index contributed by atoms with van der Waals surface area (Å²) in [6.07, 6.45) is 5.09. The average Bonchev–Trinajstić information content (AvgIpc) is 2.27. The van der Waals surface area contributed by atoms with Gasteiger partial charge in [0, 0.05) is 25.4 Å². The molecule has 98 valence electrons. The Hall–Kier alpha value is -0.970. The summed E-state index contributed by atoms with van der Waals surface area (Å²) >= 11 is 0. The average molecular weight is 246 g/mol. The molecule has 1 aliphatic rings. The molecule has 0 aromatic heterocycles. The number of nitrogens with one attached hydrogen (secondary N) is 1. The summed E-state index contributed by atoms with van der Waals surface area (Å²) < 4.78 is 27.4. The van der Waals surface area contributed by atoms with Crippen LogP contribution < -0.4 is 11.1 Å². The highest BCUT2D eigenvalue weighted by molar-refractivity contribution is 5.76. The van der Waals surface area contributed by atoms with Crippen LogP contribution in [0.4, 0.5) is 8.78 Å². The molecule has 0 radical (unpaired) electrons. The molecule has 1 unspecified atom stereocenters. The minimum atomic E-state index is -2.87. The molecule has 0 aromatic carbocycles. The number of alkyl halides is 2. The lowest BCUT2D eigenvalue weighted by molar-refractivity contribution is -0.125. The number of amides is 1.